The Kier molecular flexibility index (Phi) is 5.85. The fourth-order valence-corrected chi connectivity index (χ4v) is 1.39. The second kappa shape index (κ2) is 7.41. The lowest BCUT2D eigenvalue weighted by molar-refractivity contribution is -0.122. The highest BCUT2D eigenvalue weighted by atomic mass is 16.5. The third kappa shape index (κ3) is 5.42. The summed E-state index contributed by atoms with van der Waals surface area (Å²) in [5, 5.41) is 4.86. The number of benzene rings is 1. The van der Waals surface area contributed by atoms with E-state index in [1.165, 1.54) is 0 Å². The lowest BCUT2D eigenvalue weighted by Gasteiger charge is -2.12. The zero-order chi connectivity index (χ0) is 14.3. The van der Waals surface area contributed by atoms with Crippen molar-refractivity contribution in [1.29, 1.82) is 0 Å². The summed E-state index contributed by atoms with van der Waals surface area (Å²) in [7, 11) is 0. The summed E-state index contributed by atoms with van der Waals surface area (Å²) < 4.78 is 5.34. The fourth-order valence-electron chi connectivity index (χ4n) is 1.39. The fraction of sp³-hybridized carbons (Fsp3) is 0.429. The number of carbonyl (C=O) groups excluding carboxylic acids is 2. The first-order valence-corrected chi connectivity index (χ1v) is 6.31. The zero-order valence-electron chi connectivity index (χ0n) is 11.5. The Bertz CT molecular complexity index is 446. The molecule has 104 valence electrons. The summed E-state index contributed by atoms with van der Waals surface area (Å²) in [6, 6.07) is 6.93. The molecule has 0 unspecified atom stereocenters. The molecule has 0 radical (unpaired) electrons. The molecule has 2 N–H and O–H groups in total. The van der Waals surface area contributed by atoms with Crippen LogP contribution in [0.3, 0.4) is 0 Å². The number of aryl methyl sites for hydroxylation is 1. The number of amides is 3. The van der Waals surface area contributed by atoms with Crippen LogP contribution in [0.2, 0.25) is 0 Å². The van der Waals surface area contributed by atoms with Crippen LogP contribution in [0.4, 0.5) is 4.79 Å². The van der Waals surface area contributed by atoms with Gasteiger partial charge < -0.3 is 10.1 Å². The van der Waals surface area contributed by atoms with Crippen LogP contribution in [0.1, 0.15) is 25.8 Å². The number of nitrogens with one attached hydrogen (secondary N) is 2. The van der Waals surface area contributed by atoms with Crippen LogP contribution in [0.15, 0.2) is 24.3 Å². The van der Waals surface area contributed by atoms with E-state index in [4.69, 9.17) is 4.74 Å². The molecule has 3 amide bonds. The van der Waals surface area contributed by atoms with Gasteiger partial charge in [0.05, 0.1) is 0 Å². The van der Waals surface area contributed by atoms with Crippen LogP contribution in [-0.4, -0.2) is 24.6 Å². The summed E-state index contributed by atoms with van der Waals surface area (Å²) >= 11 is 0. The molecular weight excluding hydrogens is 244 g/mol. The van der Waals surface area contributed by atoms with Crippen LogP contribution in [-0.2, 0) is 4.79 Å². The van der Waals surface area contributed by atoms with Crippen molar-refractivity contribution in [3.05, 3.63) is 29.8 Å². The summed E-state index contributed by atoms with van der Waals surface area (Å²) in [6.45, 7) is 5.53. The minimum absolute atomic E-state index is 0.0325. The molecule has 1 aromatic rings. The Hall–Kier alpha value is -2.04. The monoisotopic (exact) mass is 264 g/mol. The zero-order valence-corrected chi connectivity index (χ0v) is 11.5. The quantitative estimate of drug-likeness (QED) is 0.854. The highest BCUT2D eigenvalue weighted by molar-refractivity contribution is 5.95. The molecule has 1 atom stereocenters. The first-order valence-electron chi connectivity index (χ1n) is 6.31. The van der Waals surface area contributed by atoms with Gasteiger partial charge >= 0.3 is 6.03 Å². The van der Waals surface area contributed by atoms with Crippen molar-refractivity contribution in [3.8, 4) is 5.75 Å². The number of hydrogen-bond donors (Lipinski definition) is 2. The molecule has 0 spiro atoms. The Morgan fingerprint density at radius 2 is 2.00 bits per heavy atom. The van der Waals surface area contributed by atoms with Gasteiger partial charge in [0.2, 0.25) is 0 Å². The second-order valence-electron chi connectivity index (χ2n) is 4.39. The molecule has 0 bridgehead atoms. The number of rotatable bonds is 5. The van der Waals surface area contributed by atoms with Crippen LogP contribution in [0.25, 0.3) is 0 Å². The van der Waals surface area contributed by atoms with E-state index in [0.29, 0.717) is 5.75 Å². The Morgan fingerprint density at radius 3 is 2.63 bits per heavy atom. The maximum atomic E-state index is 11.5. The predicted octanol–water partition coefficient (Wildman–Crippen LogP) is 2.00. The van der Waals surface area contributed by atoms with E-state index in [1.54, 1.807) is 6.07 Å². The Morgan fingerprint density at radius 1 is 1.32 bits per heavy atom. The number of urea groups is 1. The first-order chi connectivity index (χ1) is 9.02. The summed E-state index contributed by atoms with van der Waals surface area (Å²) in [5.41, 5.74) is 0.944. The molecule has 0 aliphatic rings. The topological polar surface area (TPSA) is 67.4 Å². The minimum Gasteiger partial charge on any atom is -0.483 e. The lowest BCUT2D eigenvalue weighted by Crippen LogP contribution is -2.44. The SMILES string of the molecule is CC[C@H](C)NC(=O)NC(=O)COc1ccccc1C. The van der Waals surface area contributed by atoms with Crippen molar-refractivity contribution in [2.24, 2.45) is 0 Å². The van der Waals surface area contributed by atoms with Crippen LogP contribution in [0, 0.1) is 6.92 Å². The van der Waals surface area contributed by atoms with E-state index in [1.807, 2.05) is 39.0 Å². The van der Waals surface area contributed by atoms with Gasteiger partial charge in [-0.25, -0.2) is 4.79 Å². The van der Waals surface area contributed by atoms with E-state index in [2.05, 4.69) is 10.6 Å². The van der Waals surface area contributed by atoms with Gasteiger partial charge in [0, 0.05) is 6.04 Å². The molecule has 0 aliphatic heterocycles. The highest BCUT2D eigenvalue weighted by Crippen LogP contribution is 2.15. The average Bonchev–Trinajstić information content (AvgIpc) is 2.37. The van der Waals surface area contributed by atoms with Gasteiger partial charge in [-0.3, -0.25) is 10.1 Å². The lowest BCUT2D eigenvalue weighted by atomic mass is 10.2. The van der Waals surface area contributed by atoms with Crippen molar-refractivity contribution < 1.29 is 14.3 Å². The van der Waals surface area contributed by atoms with E-state index < -0.39 is 11.9 Å². The largest absolute Gasteiger partial charge is 0.483 e. The molecule has 19 heavy (non-hydrogen) atoms. The standard InChI is InChI=1S/C14H20N2O3/c1-4-11(3)15-14(18)16-13(17)9-19-12-8-6-5-7-10(12)2/h5-8,11H,4,9H2,1-3H3,(H2,15,16,17,18)/t11-/m0/s1. The van der Waals surface area contributed by atoms with Gasteiger partial charge in [-0.15, -0.1) is 0 Å². The summed E-state index contributed by atoms with van der Waals surface area (Å²) in [5.74, 6) is 0.170. The third-order valence-corrected chi connectivity index (χ3v) is 2.70. The average molecular weight is 264 g/mol. The number of imide groups is 1. The molecule has 5 heteroatoms. The number of carbonyl (C=O) groups is 2. The Balaban J connectivity index is 2.36. The van der Waals surface area contributed by atoms with Gasteiger partial charge in [0.15, 0.2) is 6.61 Å². The van der Waals surface area contributed by atoms with Gasteiger partial charge in [-0.1, -0.05) is 25.1 Å². The van der Waals surface area contributed by atoms with Crippen LogP contribution >= 0.6 is 0 Å². The predicted molar refractivity (Wildman–Crippen MR) is 73.1 cm³/mol. The van der Waals surface area contributed by atoms with Crippen LogP contribution < -0.4 is 15.4 Å². The molecule has 1 aromatic carbocycles. The Labute approximate surface area is 113 Å². The van der Waals surface area contributed by atoms with Gasteiger partial charge in [0.1, 0.15) is 5.75 Å². The molecule has 0 aromatic heterocycles. The van der Waals surface area contributed by atoms with Gasteiger partial charge in [-0.2, -0.15) is 0 Å². The van der Waals surface area contributed by atoms with Crippen molar-refractivity contribution in [2.75, 3.05) is 6.61 Å². The van der Waals surface area contributed by atoms with Gasteiger partial charge in [0.25, 0.3) is 5.91 Å². The van der Waals surface area contributed by atoms with E-state index in [0.717, 1.165) is 12.0 Å². The molecule has 5 nitrogen and oxygen atoms in total. The molecule has 0 fully saturated rings. The van der Waals surface area contributed by atoms with Crippen molar-refractivity contribution >= 4 is 11.9 Å². The maximum absolute atomic E-state index is 11.5. The first kappa shape index (κ1) is 15.0. The molecule has 0 saturated carbocycles. The minimum atomic E-state index is -0.493. The van der Waals surface area contributed by atoms with E-state index in [-0.39, 0.29) is 12.6 Å². The summed E-state index contributed by atoms with van der Waals surface area (Å²) in [4.78, 5) is 22.9. The molecule has 1 rings (SSSR count). The number of ether oxygens (including phenoxy) is 1. The van der Waals surface area contributed by atoms with E-state index in [9.17, 15) is 9.59 Å². The number of para-hydroxylation sites is 1. The van der Waals surface area contributed by atoms with Crippen LogP contribution in [0.5, 0.6) is 5.75 Å². The number of hydrogen-bond acceptors (Lipinski definition) is 3. The molecule has 0 heterocycles. The second-order valence-corrected chi connectivity index (χ2v) is 4.39. The summed E-state index contributed by atoms with van der Waals surface area (Å²) in [6.07, 6.45) is 0.807. The molecule has 0 aliphatic carbocycles. The smallest absolute Gasteiger partial charge is 0.321 e. The third-order valence-electron chi connectivity index (χ3n) is 2.70. The van der Waals surface area contributed by atoms with Crippen molar-refractivity contribution in [1.82, 2.24) is 10.6 Å². The normalized spacial score (nSPS) is 11.5. The van der Waals surface area contributed by atoms with Crippen molar-refractivity contribution in [2.45, 2.75) is 33.2 Å². The highest BCUT2D eigenvalue weighted by Gasteiger charge is 2.10. The maximum Gasteiger partial charge on any atom is 0.321 e. The van der Waals surface area contributed by atoms with E-state index >= 15 is 0 Å². The van der Waals surface area contributed by atoms with Crippen molar-refractivity contribution in [3.63, 3.8) is 0 Å². The van der Waals surface area contributed by atoms with Gasteiger partial charge in [-0.05, 0) is 31.9 Å². The molecular formula is C14H20N2O3. The molecule has 0 saturated heterocycles.